The Bertz CT molecular complexity index is 1570. The fourth-order valence-electron chi connectivity index (χ4n) is 4.18. The third-order valence-corrected chi connectivity index (χ3v) is 8.34. The van der Waals surface area contributed by atoms with Crippen molar-refractivity contribution < 1.29 is 4.74 Å². The Labute approximate surface area is 194 Å². The van der Waals surface area contributed by atoms with Crippen molar-refractivity contribution in [3.8, 4) is 36.6 Å². The third kappa shape index (κ3) is 3.05. The third-order valence-electron chi connectivity index (χ3n) is 5.81. The fourth-order valence-corrected chi connectivity index (χ4v) is 6.62. The molecule has 6 aromatic rings. The van der Waals surface area contributed by atoms with Crippen molar-refractivity contribution in [1.82, 2.24) is 9.55 Å². The van der Waals surface area contributed by atoms with Crippen LogP contribution in [0.15, 0.2) is 84.9 Å². The van der Waals surface area contributed by atoms with Gasteiger partial charge in [0.25, 0.3) is 0 Å². The number of ether oxygens (including phenoxy) is 1. The normalized spacial score (nSPS) is 11.4. The molecule has 0 N–H and O–H groups in total. The number of imidazole rings is 1. The molecule has 0 unspecified atom stereocenters. The maximum atomic E-state index is 5.34. The van der Waals surface area contributed by atoms with Crippen molar-refractivity contribution in [3.63, 3.8) is 0 Å². The summed E-state index contributed by atoms with van der Waals surface area (Å²) >= 11 is 3.66. The van der Waals surface area contributed by atoms with Crippen molar-refractivity contribution in [2.75, 3.05) is 7.11 Å². The van der Waals surface area contributed by atoms with Crippen LogP contribution in [0.4, 0.5) is 0 Å². The van der Waals surface area contributed by atoms with Crippen molar-refractivity contribution in [1.29, 1.82) is 0 Å². The van der Waals surface area contributed by atoms with Crippen LogP contribution in [-0.4, -0.2) is 16.7 Å². The number of nitrogens with zero attached hydrogens (tertiary/aromatic N) is 2. The van der Waals surface area contributed by atoms with Crippen LogP contribution in [0.5, 0.6) is 5.75 Å². The van der Waals surface area contributed by atoms with E-state index >= 15 is 0 Å². The number of benzene rings is 3. The summed E-state index contributed by atoms with van der Waals surface area (Å²) in [5.41, 5.74) is 3.40. The van der Waals surface area contributed by atoms with Gasteiger partial charge < -0.3 is 9.30 Å². The molecule has 0 aliphatic carbocycles. The highest BCUT2D eigenvalue weighted by molar-refractivity contribution is 7.26. The van der Waals surface area contributed by atoms with Gasteiger partial charge in [-0.25, -0.2) is 4.98 Å². The highest BCUT2D eigenvalue weighted by atomic mass is 32.1. The molecule has 5 heteroatoms. The zero-order valence-electron chi connectivity index (χ0n) is 17.7. The van der Waals surface area contributed by atoms with Gasteiger partial charge in [-0.15, -0.1) is 22.7 Å². The van der Waals surface area contributed by atoms with E-state index < -0.39 is 0 Å². The molecular weight excluding hydrogens is 432 g/mol. The largest absolute Gasteiger partial charge is 0.497 e. The Morgan fingerprint density at radius 1 is 0.719 bits per heavy atom. The topological polar surface area (TPSA) is 27.1 Å². The Kier molecular flexibility index (Phi) is 4.59. The van der Waals surface area contributed by atoms with Gasteiger partial charge in [-0.3, -0.25) is 0 Å². The van der Waals surface area contributed by atoms with Crippen molar-refractivity contribution in [2.45, 2.75) is 0 Å². The minimum Gasteiger partial charge on any atom is -0.497 e. The van der Waals surface area contributed by atoms with E-state index in [0.29, 0.717) is 0 Å². The molecule has 0 saturated carbocycles. The van der Waals surface area contributed by atoms with E-state index in [9.17, 15) is 0 Å². The van der Waals surface area contributed by atoms with Gasteiger partial charge in [-0.05, 0) is 54.1 Å². The maximum Gasteiger partial charge on any atom is 0.150 e. The number of aryl methyl sites for hydroxylation is 1. The van der Waals surface area contributed by atoms with Crippen LogP contribution in [-0.2, 0) is 7.05 Å². The lowest BCUT2D eigenvalue weighted by molar-refractivity contribution is 0.415. The van der Waals surface area contributed by atoms with Crippen LogP contribution in [0.3, 0.4) is 0 Å². The number of thiophene rings is 2. The summed E-state index contributed by atoms with van der Waals surface area (Å²) in [6.45, 7) is 0. The van der Waals surface area contributed by atoms with Crippen molar-refractivity contribution in [2.24, 2.45) is 7.05 Å². The van der Waals surface area contributed by atoms with E-state index in [1.165, 1.54) is 35.8 Å². The summed E-state index contributed by atoms with van der Waals surface area (Å²) in [7, 11) is 3.79. The summed E-state index contributed by atoms with van der Waals surface area (Å²) in [6, 6.07) is 29.7. The Morgan fingerprint density at radius 3 is 2.16 bits per heavy atom. The Hall–Kier alpha value is -3.41. The summed E-state index contributed by atoms with van der Waals surface area (Å²) in [6.07, 6.45) is 0. The van der Waals surface area contributed by atoms with Crippen LogP contribution in [0.2, 0.25) is 0 Å². The Balaban J connectivity index is 1.48. The van der Waals surface area contributed by atoms with Gasteiger partial charge in [0.05, 0.1) is 27.9 Å². The lowest BCUT2D eigenvalue weighted by Gasteiger charge is -2.02. The summed E-state index contributed by atoms with van der Waals surface area (Å²) in [5.74, 6) is 1.89. The van der Waals surface area contributed by atoms with Crippen LogP contribution in [0.25, 0.3) is 52.7 Å². The second-order valence-electron chi connectivity index (χ2n) is 7.68. The van der Waals surface area contributed by atoms with Gasteiger partial charge in [0.1, 0.15) is 5.75 Å². The molecule has 0 bridgehead atoms. The van der Waals surface area contributed by atoms with Gasteiger partial charge in [-0.1, -0.05) is 36.4 Å². The van der Waals surface area contributed by atoms with Crippen LogP contribution in [0.1, 0.15) is 0 Å². The molecule has 0 atom stereocenters. The predicted molar refractivity (Wildman–Crippen MR) is 137 cm³/mol. The molecule has 3 heterocycles. The lowest BCUT2D eigenvalue weighted by Crippen LogP contribution is -1.89. The number of fused-ring (bicyclic) bond motifs is 2. The molecule has 6 rings (SSSR count). The van der Waals surface area contributed by atoms with Crippen molar-refractivity contribution in [3.05, 3.63) is 84.9 Å². The first-order valence-corrected chi connectivity index (χ1v) is 12.0. The highest BCUT2D eigenvalue weighted by Crippen LogP contribution is 2.47. The summed E-state index contributed by atoms with van der Waals surface area (Å²) in [5, 5.41) is 2.58. The maximum absolute atomic E-state index is 5.34. The first-order chi connectivity index (χ1) is 15.7. The van der Waals surface area contributed by atoms with Gasteiger partial charge in [0.15, 0.2) is 5.82 Å². The van der Waals surface area contributed by atoms with Gasteiger partial charge in [0, 0.05) is 27.6 Å². The molecular formula is C27H20N2OS2. The summed E-state index contributed by atoms with van der Waals surface area (Å²) in [4.78, 5) is 9.93. The predicted octanol–water partition coefficient (Wildman–Crippen LogP) is 7.86. The fraction of sp³-hybridized carbons (Fsp3) is 0.0741. The molecule has 156 valence electrons. The molecule has 0 radical (unpaired) electrons. The van der Waals surface area contributed by atoms with Gasteiger partial charge in [0.2, 0.25) is 0 Å². The molecule has 0 aliphatic heterocycles. The molecule has 0 spiro atoms. The minimum absolute atomic E-state index is 0.875. The highest BCUT2D eigenvalue weighted by Gasteiger charge is 2.17. The van der Waals surface area contributed by atoms with E-state index in [0.717, 1.165) is 22.6 Å². The monoisotopic (exact) mass is 452 g/mol. The number of methoxy groups -OCH3 is 1. The Morgan fingerprint density at radius 2 is 1.41 bits per heavy atom. The number of rotatable bonds is 4. The second kappa shape index (κ2) is 7.62. The molecule has 0 amide bonds. The standard InChI is InChI=1S/C27H20N2OS2/c1-29-22-10-6-5-9-21(22)28-27(29)24-16-15-23(31-24)26-20-8-4-3-7-19(20)25(32-26)17-11-13-18(30-2)14-12-17/h3-16H,1-2H3. The second-order valence-corrected chi connectivity index (χ2v) is 9.79. The number of aromatic nitrogens is 2. The van der Waals surface area contributed by atoms with E-state index in [1.807, 2.05) is 29.5 Å². The molecule has 32 heavy (non-hydrogen) atoms. The van der Waals surface area contributed by atoms with Crippen LogP contribution in [0, 0.1) is 0 Å². The average Bonchev–Trinajstić information content (AvgIpc) is 3.55. The number of para-hydroxylation sites is 2. The van der Waals surface area contributed by atoms with Gasteiger partial charge in [-0.2, -0.15) is 0 Å². The van der Waals surface area contributed by atoms with E-state index in [1.54, 1.807) is 18.4 Å². The molecule has 3 nitrogen and oxygen atoms in total. The SMILES string of the molecule is COc1ccc(-c2sc(-c3ccc(-c4nc5ccccc5n4C)s3)c3ccccc23)cc1. The van der Waals surface area contributed by atoms with E-state index in [4.69, 9.17) is 9.72 Å². The van der Waals surface area contributed by atoms with E-state index in [-0.39, 0.29) is 0 Å². The van der Waals surface area contributed by atoms with Gasteiger partial charge >= 0.3 is 0 Å². The quantitative estimate of drug-likeness (QED) is 0.272. The lowest BCUT2D eigenvalue weighted by atomic mass is 10.1. The first-order valence-electron chi connectivity index (χ1n) is 10.4. The first kappa shape index (κ1) is 19.3. The number of hydrogen-bond acceptors (Lipinski definition) is 4. The molecule has 0 fully saturated rings. The molecule has 3 aromatic heterocycles. The van der Waals surface area contributed by atoms with E-state index in [2.05, 4.69) is 78.3 Å². The zero-order chi connectivity index (χ0) is 21.7. The molecule has 0 saturated heterocycles. The minimum atomic E-state index is 0.875. The van der Waals surface area contributed by atoms with Crippen molar-refractivity contribution >= 4 is 44.5 Å². The number of hydrogen-bond donors (Lipinski definition) is 0. The zero-order valence-corrected chi connectivity index (χ0v) is 19.3. The summed E-state index contributed by atoms with van der Waals surface area (Å²) < 4.78 is 7.52. The molecule has 0 aliphatic rings. The van der Waals surface area contributed by atoms with Crippen LogP contribution < -0.4 is 4.74 Å². The average molecular weight is 453 g/mol. The molecule has 3 aromatic carbocycles. The van der Waals surface area contributed by atoms with Crippen LogP contribution >= 0.6 is 22.7 Å². The smallest absolute Gasteiger partial charge is 0.150 e.